The number of aliphatic hydroxyl groups excluding tert-OH is 2. The van der Waals surface area contributed by atoms with Crippen molar-refractivity contribution in [1.82, 2.24) is 4.90 Å². The Morgan fingerprint density at radius 1 is 1.12 bits per heavy atom. The van der Waals surface area contributed by atoms with Crippen molar-refractivity contribution >= 4 is 11.3 Å². The summed E-state index contributed by atoms with van der Waals surface area (Å²) in [7, 11) is 1.58. The van der Waals surface area contributed by atoms with E-state index in [4.69, 9.17) is 10.5 Å². The molecule has 2 aromatic rings. The van der Waals surface area contributed by atoms with Gasteiger partial charge in [-0.2, -0.15) is 0 Å². The van der Waals surface area contributed by atoms with Gasteiger partial charge in [0.15, 0.2) is 17.8 Å². The number of halogens is 2. The Morgan fingerprint density at radius 3 is 2.52 bits per heavy atom. The maximum Gasteiger partial charge on any atom is 0.185 e. The molecule has 0 fully saturated rings. The number of likely N-dealkylation sites (N-methyl/N-ethyl adjacent to an activating group) is 1. The molecule has 1 aliphatic rings. The number of nitrogens with two attached hydrogens (primary N) is 1. The highest BCUT2D eigenvalue weighted by Gasteiger charge is 2.21. The number of nitrogen functional groups attached to an aromatic ring is 1. The van der Waals surface area contributed by atoms with Crippen molar-refractivity contribution in [3.63, 3.8) is 0 Å². The van der Waals surface area contributed by atoms with Crippen molar-refractivity contribution in [1.29, 1.82) is 0 Å². The summed E-state index contributed by atoms with van der Waals surface area (Å²) in [5.74, 6) is -1.68. The fourth-order valence-electron chi connectivity index (χ4n) is 2.46. The minimum Gasteiger partial charge on any atom is -0.507 e. The minimum absolute atomic E-state index is 0.148. The van der Waals surface area contributed by atoms with Gasteiger partial charge >= 0.3 is 0 Å². The normalized spacial score (nSPS) is 17.1. The summed E-state index contributed by atoms with van der Waals surface area (Å²) in [6.45, 7) is 0. The van der Waals surface area contributed by atoms with Gasteiger partial charge in [-0.3, -0.25) is 0 Å². The third-order valence-electron chi connectivity index (χ3n) is 3.72. The standard InChI is InChI=1S/C18H16F2N2O3/c1-22-9-10(6-15(23)18(22)24)13-8-12(21)3-5-16(13)25-17-4-2-11(19)7-14(17)20/h2-9,18,23-24H,21H2,1H3. The van der Waals surface area contributed by atoms with Gasteiger partial charge in [-0.1, -0.05) is 0 Å². The molecule has 0 saturated heterocycles. The van der Waals surface area contributed by atoms with E-state index in [2.05, 4.69) is 0 Å². The van der Waals surface area contributed by atoms with E-state index < -0.39 is 17.9 Å². The molecule has 0 saturated carbocycles. The number of hydrogen-bond acceptors (Lipinski definition) is 5. The largest absolute Gasteiger partial charge is 0.507 e. The molecule has 130 valence electrons. The van der Waals surface area contributed by atoms with Gasteiger partial charge in [0, 0.05) is 36.1 Å². The molecule has 1 atom stereocenters. The van der Waals surface area contributed by atoms with Crippen LogP contribution in [0, 0.1) is 11.6 Å². The highest BCUT2D eigenvalue weighted by molar-refractivity contribution is 5.80. The maximum absolute atomic E-state index is 13.9. The van der Waals surface area contributed by atoms with Gasteiger partial charge in [-0.25, -0.2) is 8.78 Å². The molecule has 0 aliphatic carbocycles. The van der Waals surface area contributed by atoms with E-state index in [-0.39, 0.29) is 17.3 Å². The number of nitrogens with zero attached hydrogens (tertiary/aromatic N) is 1. The van der Waals surface area contributed by atoms with Crippen molar-refractivity contribution in [3.8, 4) is 11.5 Å². The first-order valence-electron chi connectivity index (χ1n) is 7.40. The number of hydrogen-bond donors (Lipinski definition) is 3. The predicted molar refractivity (Wildman–Crippen MR) is 89.7 cm³/mol. The average Bonchev–Trinajstić information content (AvgIpc) is 2.56. The van der Waals surface area contributed by atoms with Gasteiger partial charge in [-0.05, 0) is 36.4 Å². The van der Waals surface area contributed by atoms with Crippen LogP contribution in [-0.4, -0.2) is 28.4 Å². The van der Waals surface area contributed by atoms with Gasteiger partial charge in [0.05, 0.1) is 0 Å². The zero-order valence-corrected chi connectivity index (χ0v) is 13.3. The Balaban J connectivity index is 2.03. The lowest BCUT2D eigenvalue weighted by atomic mass is 10.0. The second-order valence-electron chi connectivity index (χ2n) is 5.63. The van der Waals surface area contributed by atoms with Crippen molar-refractivity contribution in [2.75, 3.05) is 12.8 Å². The van der Waals surface area contributed by atoms with E-state index in [9.17, 15) is 19.0 Å². The molecule has 0 spiro atoms. The van der Waals surface area contributed by atoms with Crippen molar-refractivity contribution in [3.05, 3.63) is 71.6 Å². The lowest BCUT2D eigenvalue weighted by molar-refractivity contribution is 0.0478. The summed E-state index contributed by atoms with van der Waals surface area (Å²) in [6, 6.07) is 7.71. The van der Waals surface area contributed by atoms with Gasteiger partial charge in [-0.15, -0.1) is 0 Å². The van der Waals surface area contributed by atoms with Gasteiger partial charge < -0.3 is 25.6 Å². The zero-order valence-electron chi connectivity index (χ0n) is 13.3. The highest BCUT2D eigenvalue weighted by Crippen LogP contribution is 2.35. The average molecular weight is 346 g/mol. The molecule has 3 rings (SSSR count). The Hall–Kier alpha value is -3.06. The molecule has 1 aliphatic heterocycles. The Kier molecular flexibility index (Phi) is 4.33. The summed E-state index contributed by atoms with van der Waals surface area (Å²) in [5, 5.41) is 19.6. The predicted octanol–water partition coefficient (Wildman–Crippen LogP) is 3.39. The van der Waals surface area contributed by atoms with Crippen LogP contribution in [0.2, 0.25) is 0 Å². The van der Waals surface area contributed by atoms with Crippen LogP contribution in [0.3, 0.4) is 0 Å². The van der Waals surface area contributed by atoms with E-state index in [0.717, 1.165) is 12.1 Å². The first-order chi connectivity index (χ1) is 11.8. The van der Waals surface area contributed by atoms with Gasteiger partial charge in [0.25, 0.3) is 0 Å². The monoisotopic (exact) mass is 346 g/mol. The smallest absolute Gasteiger partial charge is 0.185 e. The van der Waals surface area contributed by atoms with Crippen molar-refractivity contribution in [2.45, 2.75) is 6.23 Å². The van der Waals surface area contributed by atoms with Crippen molar-refractivity contribution < 1.29 is 23.7 Å². The third-order valence-corrected chi connectivity index (χ3v) is 3.72. The number of benzene rings is 2. The molecule has 5 nitrogen and oxygen atoms in total. The molecule has 0 radical (unpaired) electrons. The molecule has 1 heterocycles. The van der Waals surface area contributed by atoms with Crippen LogP contribution in [0.25, 0.3) is 5.57 Å². The Labute approximate surface area is 142 Å². The summed E-state index contributed by atoms with van der Waals surface area (Å²) < 4.78 is 32.5. The Bertz CT molecular complexity index is 881. The summed E-state index contributed by atoms with van der Waals surface area (Å²) in [4.78, 5) is 1.40. The van der Waals surface area contributed by atoms with E-state index >= 15 is 0 Å². The molecule has 7 heteroatoms. The van der Waals surface area contributed by atoms with E-state index in [1.807, 2.05) is 0 Å². The lowest BCUT2D eigenvalue weighted by Crippen LogP contribution is -2.31. The maximum atomic E-state index is 13.9. The fourth-order valence-corrected chi connectivity index (χ4v) is 2.46. The number of allylic oxidation sites excluding steroid dienone is 2. The van der Waals surface area contributed by atoms with Crippen LogP contribution < -0.4 is 10.5 Å². The van der Waals surface area contributed by atoms with Crippen LogP contribution in [-0.2, 0) is 0 Å². The quantitative estimate of drug-likeness (QED) is 0.743. The molecule has 0 aromatic heterocycles. The zero-order chi connectivity index (χ0) is 18.1. The molecule has 0 bridgehead atoms. The van der Waals surface area contributed by atoms with Crippen molar-refractivity contribution in [2.24, 2.45) is 0 Å². The first kappa shape index (κ1) is 16.8. The SMILES string of the molecule is CN1C=C(c2cc(N)ccc2Oc2ccc(F)cc2F)C=C(O)C1O. The topological polar surface area (TPSA) is 79.0 Å². The van der Waals surface area contributed by atoms with Crippen LogP contribution in [0.15, 0.2) is 54.4 Å². The number of anilines is 1. The molecular weight excluding hydrogens is 330 g/mol. The third kappa shape index (κ3) is 3.41. The van der Waals surface area contributed by atoms with Gasteiger partial charge in [0.1, 0.15) is 17.3 Å². The fraction of sp³-hybridized carbons (Fsp3) is 0.111. The second kappa shape index (κ2) is 6.45. The summed E-state index contributed by atoms with van der Waals surface area (Å²) >= 11 is 0. The number of ether oxygens (including phenoxy) is 1. The summed E-state index contributed by atoms with van der Waals surface area (Å²) in [5.41, 5.74) is 7.25. The van der Waals surface area contributed by atoms with E-state index in [1.165, 1.54) is 17.0 Å². The van der Waals surface area contributed by atoms with E-state index in [1.54, 1.807) is 31.4 Å². The van der Waals surface area contributed by atoms with Crippen LogP contribution in [0.1, 0.15) is 5.56 Å². The molecule has 1 unspecified atom stereocenters. The highest BCUT2D eigenvalue weighted by atomic mass is 19.1. The molecular formula is C18H16F2N2O3. The van der Waals surface area contributed by atoms with Gasteiger partial charge in [0.2, 0.25) is 0 Å². The molecule has 25 heavy (non-hydrogen) atoms. The Morgan fingerprint density at radius 2 is 1.84 bits per heavy atom. The number of rotatable bonds is 3. The van der Waals surface area contributed by atoms with Crippen LogP contribution in [0.5, 0.6) is 11.5 Å². The summed E-state index contributed by atoms with van der Waals surface area (Å²) in [6.07, 6.45) is 1.81. The van der Waals surface area contributed by atoms with Crippen LogP contribution >= 0.6 is 0 Å². The lowest BCUT2D eigenvalue weighted by Gasteiger charge is -2.27. The second-order valence-corrected chi connectivity index (χ2v) is 5.63. The van der Waals surface area contributed by atoms with E-state index in [0.29, 0.717) is 16.8 Å². The van der Waals surface area contributed by atoms with Crippen LogP contribution in [0.4, 0.5) is 14.5 Å². The first-order valence-corrected chi connectivity index (χ1v) is 7.40. The minimum atomic E-state index is -1.15. The molecule has 0 amide bonds. The number of aliphatic hydroxyl groups is 2. The molecule has 4 N–H and O–H groups in total. The molecule has 2 aromatic carbocycles.